The first-order valence-electron chi connectivity index (χ1n) is 7.05. The van der Waals surface area contributed by atoms with E-state index in [0.717, 1.165) is 10.0 Å². The summed E-state index contributed by atoms with van der Waals surface area (Å²) in [6, 6.07) is 12.5. The van der Waals surface area contributed by atoms with Crippen molar-refractivity contribution in [1.82, 2.24) is 5.43 Å². The van der Waals surface area contributed by atoms with Gasteiger partial charge in [0.05, 0.1) is 12.8 Å². The Balaban J connectivity index is 1.91. The van der Waals surface area contributed by atoms with Crippen molar-refractivity contribution in [2.45, 2.75) is 6.92 Å². The molecular formula is C17H16BrClN2O3. The van der Waals surface area contributed by atoms with E-state index < -0.39 is 0 Å². The fourth-order valence-corrected chi connectivity index (χ4v) is 2.30. The van der Waals surface area contributed by atoms with Gasteiger partial charge in [-0.25, -0.2) is 5.43 Å². The minimum Gasteiger partial charge on any atom is -0.493 e. The maximum Gasteiger partial charge on any atom is 0.277 e. The van der Waals surface area contributed by atoms with E-state index in [4.69, 9.17) is 21.1 Å². The Morgan fingerprint density at radius 1 is 1.21 bits per heavy atom. The van der Waals surface area contributed by atoms with Crippen LogP contribution in [0.15, 0.2) is 52.0 Å². The number of amides is 1. The molecule has 0 aromatic heterocycles. The largest absolute Gasteiger partial charge is 0.493 e. The zero-order valence-corrected chi connectivity index (χ0v) is 15.5. The maximum atomic E-state index is 11.9. The summed E-state index contributed by atoms with van der Waals surface area (Å²) in [6.45, 7) is 1.62. The highest BCUT2D eigenvalue weighted by atomic mass is 79.9. The molecule has 0 saturated heterocycles. The Morgan fingerprint density at radius 2 is 1.92 bits per heavy atom. The second-order valence-electron chi connectivity index (χ2n) is 4.82. The summed E-state index contributed by atoms with van der Waals surface area (Å²) in [7, 11) is 1.54. The molecule has 0 unspecified atom stereocenters. The average Bonchev–Trinajstić information content (AvgIpc) is 2.59. The summed E-state index contributed by atoms with van der Waals surface area (Å²) < 4.78 is 11.5. The molecule has 0 radical (unpaired) electrons. The molecule has 0 atom stereocenters. The van der Waals surface area contributed by atoms with Gasteiger partial charge in [0.1, 0.15) is 0 Å². The third-order valence-electron chi connectivity index (χ3n) is 3.09. The molecule has 0 saturated carbocycles. The lowest BCUT2D eigenvalue weighted by Gasteiger charge is -2.10. The first-order chi connectivity index (χ1) is 11.5. The summed E-state index contributed by atoms with van der Waals surface area (Å²) in [4.78, 5) is 11.9. The van der Waals surface area contributed by atoms with E-state index >= 15 is 0 Å². The van der Waals surface area contributed by atoms with Crippen LogP contribution >= 0.6 is 27.5 Å². The van der Waals surface area contributed by atoms with Crippen LogP contribution in [0.5, 0.6) is 11.5 Å². The average molecular weight is 412 g/mol. The summed E-state index contributed by atoms with van der Waals surface area (Å²) in [6.07, 6.45) is 0. The molecule has 24 heavy (non-hydrogen) atoms. The zero-order chi connectivity index (χ0) is 17.5. The molecule has 2 aromatic carbocycles. The van der Waals surface area contributed by atoms with Crippen LogP contribution in [0.2, 0.25) is 5.02 Å². The van der Waals surface area contributed by atoms with Gasteiger partial charge in [-0.05, 0) is 42.8 Å². The third kappa shape index (κ3) is 5.25. The van der Waals surface area contributed by atoms with Gasteiger partial charge in [-0.15, -0.1) is 0 Å². The maximum absolute atomic E-state index is 11.9. The van der Waals surface area contributed by atoms with Crippen LogP contribution in [0, 0.1) is 0 Å². The van der Waals surface area contributed by atoms with Gasteiger partial charge in [0, 0.05) is 9.50 Å². The second-order valence-corrected chi connectivity index (χ2v) is 6.18. The van der Waals surface area contributed by atoms with E-state index in [1.165, 1.54) is 7.11 Å². The highest BCUT2D eigenvalue weighted by Gasteiger charge is 2.08. The van der Waals surface area contributed by atoms with E-state index in [0.29, 0.717) is 22.2 Å². The topological polar surface area (TPSA) is 59.9 Å². The quantitative estimate of drug-likeness (QED) is 0.577. The van der Waals surface area contributed by atoms with Crippen LogP contribution in [-0.2, 0) is 4.79 Å². The summed E-state index contributed by atoms with van der Waals surface area (Å²) >= 11 is 9.18. The molecule has 0 bridgehead atoms. The van der Waals surface area contributed by atoms with Gasteiger partial charge in [-0.3, -0.25) is 4.79 Å². The van der Waals surface area contributed by atoms with Crippen molar-refractivity contribution in [2.75, 3.05) is 13.7 Å². The molecule has 0 aliphatic rings. The molecule has 5 nitrogen and oxygen atoms in total. The number of hydrogen-bond donors (Lipinski definition) is 1. The number of carbonyl (C=O) groups is 1. The van der Waals surface area contributed by atoms with Crippen LogP contribution in [0.4, 0.5) is 0 Å². The second kappa shape index (κ2) is 8.70. The Morgan fingerprint density at radius 3 is 2.58 bits per heavy atom. The molecule has 0 heterocycles. The number of ether oxygens (including phenoxy) is 2. The normalized spacial score (nSPS) is 11.1. The number of carbonyl (C=O) groups excluding carboxylic acids is 1. The van der Waals surface area contributed by atoms with Gasteiger partial charge in [0.25, 0.3) is 5.91 Å². The molecule has 0 aliphatic carbocycles. The van der Waals surface area contributed by atoms with Crippen molar-refractivity contribution in [3.63, 3.8) is 0 Å². The van der Waals surface area contributed by atoms with Crippen LogP contribution in [0.3, 0.4) is 0 Å². The van der Waals surface area contributed by atoms with Crippen LogP contribution in [0.25, 0.3) is 0 Å². The highest BCUT2D eigenvalue weighted by molar-refractivity contribution is 9.10. The van der Waals surface area contributed by atoms with E-state index in [1.54, 1.807) is 37.3 Å². The Kier molecular flexibility index (Phi) is 6.63. The molecule has 1 amide bonds. The number of nitrogens with zero attached hydrogens (tertiary/aromatic N) is 1. The fraction of sp³-hybridized carbons (Fsp3) is 0.176. The van der Waals surface area contributed by atoms with Crippen LogP contribution in [0.1, 0.15) is 12.5 Å². The molecule has 0 aliphatic heterocycles. The first kappa shape index (κ1) is 18.3. The Hall–Kier alpha value is -2.05. The van der Waals surface area contributed by atoms with Crippen molar-refractivity contribution in [2.24, 2.45) is 5.10 Å². The summed E-state index contributed by atoms with van der Waals surface area (Å²) in [5.74, 6) is 0.653. The number of nitrogens with one attached hydrogen (secondary N) is 1. The van der Waals surface area contributed by atoms with Gasteiger partial charge >= 0.3 is 0 Å². The smallest absolute Gasteiger partial charge is 0.277 e. The molecule has 1 N–H and O–H groups in total. The van der Waals surface area contributed by atoms with Gasteiger partial charge in [-0.1, -0.05) is 39.7 Å². The molecule has 0 fully saturated rings. The Bertz CT molecular complexity index is 748. The van der Waals surface area contributed by atoms with Crippen LogP contribution in [-0.4, -0.2) is 25.3 Å². The standard InChI is InChI=1S/C17H16BrClN2O3/c1-11(12-3-6-14(19)7-4-12)20-21-17(22)10-24-15-8-5-13(18)9-16(15)23-2/h3-9H,10H2,1-2H3,(H,21,22). The molecule has 2 rings (SSSR count). The van der Waals surface area contributed by atoms with Crippen molar-refractivity contribution in [3.05, 3.63) is 57.5 Å². The van der Waals surface area contributed by atoms with Gasteiger partial charge in [0.2, 0.25) is 0 Å². The van der Waals surface area contributed by atoms with Gasteiger partial charge in [0.15, 0.2) is 18.1 Å². The SMILES string of the molecule is COc1cc(Br)ccc1OCC(=O)NN=C(C)c1ccc(Cl)cc1. The fourth-order valence-electron chi connectivity index (χ4n) is 1.84. The number of benzene rings is 2. The van der Waals surface area contributed by atoms with E-state index in [9.17, 15) is 4.79 Å². The van der Waals surface area contributed by atoms with E-state index in [2.05, 4.69) is 26.5 Å². The highest BCUT2D eigenvalue weighted by Crippen LogP contribution is 2.30. The Labute approximate surface area is 153 Å². The van der Waals surface area contributed by atoms with E-state index in [1.807, 2.05) is 12.1 Å². The monoisotopic (exact) mass is 410 g/mol. The van der Waals surface area contributed by atoms with Crippen molar-refractivity contribution in [3.8, 4) is 11.5 Å². The molecule has 2 aromatic rings. The first-order valence-corrected chi connectivity index (χ1v) is 8.22. The van der Waals surface area contributed by atoms with Crippen LogP contribution < -0.4 is 14.9 Å². The number of halogens is 2. The van der Waals surface area contributed by atoms with Gasteiger partial charge in [-0.2, -0.15) is 5.10 Å². The molecule has 7 heteroatoms. The number of hydrazone groups is 1. The number of hydrogen-bond acceptors (Lipinski definition) is 4. The molecule has 0 spiro atoms. The predicted octanol–water partition coefficient (Wildman–Crippen LogP) is 4.03. The molecule has 126 valence electrons. The summed E-state index contributed by atoms with van der Waals surface area (Å²) in [5.41, 5.74) is 3.99. The molecular weight excluding hydrogens is 396 g/mol. The summed E-state index contributed by atoms with van der Waals surface area (Å²) in [5, 5.41) is 4.69. The lowest BCUT2D eigenvalue weighted by Crippen LogP contribution is -2.25. The van der Waals surface area contributed by atoms with Crippen molar-refractivity contribution in [1.29, 1.82) is 0 Å². The lowest BCUT2D eigenvalue weighted by molar-refractivity contribution is -0.123. The minimum atomic E-state index is -0.367. The van der Waals surface area contributed by atoms with Crippen molar-refractivity contribution < 1.29 is 14.3 Å². The predicted molar refractivity (Wildman–Crippen MR) is 98.0 cm³/mol. The van der Waals surface area contributed by atoms with Gasteiger partial charge < -0.3 is 9.47 Å². The zero-order valence-electron chi connectivity index (χ0n) is 13.2. The van der Waals surface area contributed by atoms with Crippen molar-refractivity contribution >= 4 is 39.1 Å². The van der Waals surface area contributed by atoms with E-state index in [-0.39, 0.29) is 12.5 Å². The number of methoxy groups -OCH3 is 1. The third-order valence-corrected chi connectivity index (χ3v) is 3.84. The lowest BCUT2D eigenvalue weighted by atomic mass is 10.1. The number of rotatable bonds is 6. The minimum absolute atomic E-state index is 0.171.